The van der Waals surface area contributed by atoms with Crippen LogP contribution < -0.4 is 16.4 Å². The monoisotopic (exact) mass is 338 g/mol. The highest BCUT2D eigenvalue weighted by atomic mass is 16.2. The van der Waals surface area contributed by atoms with E-state index in [9.17, 15) is 9.59 Å². The minimum absolute atomic E-state index is 0.00131. The van der Waals surface area contributed by atoms with Gasteiger partial charge in [-0.1, -0.05) is 13.8 Å². The molecular weight excluding hydrogens is 304 g/mol. The number of rotatable bonds is 7. The zero-order chi connectivity index (χ0) is 17.7. The fraction of sp³-hybridized carbons (Fsp3) is 0.889. The molecule has 4 N–H and O–H groups in total. The first-order valence-electron chi connectivity index (χ1n) is 9.38. The lowest BCUT2D eigenvalue weighted by Crippen LogP contribution is -2.54. The van der Waals surface area contributed by atoms with Crippen LogP contribution in [-0.2, 0) is 4.79 Å². The number of nitrogens with one attached hydrogen (secondary N) is 2. The fourth-order valence-electron chi connectivity index (χ4n) is 3.49. The summed E-state index contributed by atoms with van der Waals surface area (Å²) in [6.07, 6.45) is 4.76. The van der Waals surface area contributed by atoms with E-state index in [0.29, 0.717) is 37.9 Å². The van der Waals surface area contributed by atoms with Gasteiger partial charge in [0.25, 0.3) is 0 Å². The highest BCUT2D eigenvalue weighted by Gasteiger charge is 2.41. The number of likely N-dealkylation sites (tertiary alicyclic amines) is 1. The smallest absolute Gasteiger partial charge is 0.317 e. The molecule has 2 unspecified atom stereocenters. The van der Waals surface area contributed by atoms with Crippen LogP contribution in [0.3, 0.4) is 0 Å². The topological polar surface area (TPSA) is 87.5 Å². The van der Waals surface area contributed by atoms with Gasteiger partial charge in [-0.15, -0.1) is 0 Å². The summed E-state index contributed by atoms with van der Waals surface area (Å²) in [7, 11) is 0. The number of carbonyl (C=O) groups is 2. The van der Waals surface area contributed by atoms with Gasteiger partial charge in [0.2, 0.25) is 5.91 Å². The van der Waals surface area contributed by atoms with Gasteiger partial charge in [-0.3, -0.25) is 4.79 Å². The summed E-state index contributed by atoms with van der Waals surface area (Å²) < 4.78 is 0. The Morgan fingerprint density at radius 3 is 2.58 bits per heavy atom. The highest BCUT2D eigenvalue weighted by Crippen LogP contribution is 2.39. The second-order valence-corrected chi connectivity index (χ2v) is 8.18. The molecule has 0 aromatic heterocycles. The molecule has 2 atom stereocenters. The number of hydrogen-bond acceptors (Lipinski definition) is 3. The van der Waals surface area contributed by atoms with Crippen molar-refractivity contribution in [3.63, 3.8) is 0 Å². The summed E-state index contributed by atoms with van der Waals surface area (Å²) in [5, 5.41) is 6.12. The van der Waals surface area contributed by atoms with E-state index in [1.165, 1.54) is 0 Å². The van der Waals surface area contributed by atoms with Gasteiger partial charge in [-0.2, -0.15) is 0 Å². The molecule has 0 aromatic carbocycles. The fourth-order valence-corrected chi connectivity index (χ4v) is 3.49. The van der Waals surface area contributed by atoms with Crippen molar-refractivity contribution in [3.05, 3.63) is 0 Å². The molecule has 3 amide bonds. The molecule has 6 nitrogen and oxygen atoms in total. The first-order chi connectivity index (χ1) is 11.3. The van der Waals surface area contributed by atoms with E-state index >= 15 is 0 Å². The number of amides is 3. The first kappa shape index (κ1) is 19.0. The molecule has 0 spiro atoms. The van der Waals surface area contributed by atoms with E-state index in [1.807, 2.05) is 4.90 Å². The lowest BCUT2D eigenvalue weighted by molar-refractivity contribution is -0.124. The third kappa shape index (κ3) is 5.36. The van der Waals surface area contributed by atoms with E-state index in [4.69, 9.17) is 5.73 Å². The summed E-state index contributed by atoms with van der Waals surface area (Å²) in [6.45, 7) is 8.84. The molecule has 2 rings (SSSR count). The number of urea groups is 1. The van der Waals surface area contributed by atoms with Crippen LogP contribution in [0.15, 0.2) is 0 Å². The minimum atomic E-state index is -0.264. The quantitative estimate of drug-likeness (QED) is 0.660. The van der Waals surface area contributed by atoms with Crippen LogP contribution in [-0.4, -0.2) is 48.6 Å². The van der Waals surface area contributed by atoms with Crippen LogP contribution in [0, 0.1) is 17.8 Å². The Bertz CT molecular complexity index is 450. The lowest BCUT2D eigenvalue weighted by Gasteiger charge is -2.34. The van der Waals surface area contributed by atoms with Gasteiger partial charge in [0.15, 0.2) is 0 Å². The van der Waals surface area contributed by atoms with Crippen molar-refractivity contribution in [1.82, 2.24) is 15.5 Å². The van der Waals surface area contributed by atoms with Crippen molar-refractivity contribution in [2.45, 2.75) is 58.4 Å². The molecule has 1 aliphatic carbocycles. The number of nitrogens with two attached hydrogens (primary N) is 1. The maximum atomic E-state index is 12.4. The average Bonchev–Trinajstić information content (AvgIpc) is 3.37. The molecule has 1 aliphatic heterocycles. The zero-order valence-corrected chi connectivity index (χ0v) is 15.4. The van der Waals surface area contributed by atoms with E-state index < -0.39 is 0 Å². The van der Waals surface area contributed by atoms with Crippen molar-refractivity contribution >= 4 is 11.9 Å². The Morgan fingerprint density at radius 1 is 1.29 bits per heavy atom. The number of hydrogen-bond donors (Lipinski definition) is 3. The third-order valence-corrected chi connectivity index (χ3v) is 5.27. The summed E-state index contributed by atoms with van der Waals surface area (Å²) in [4.78, 5) is 26.5. The Kier molecular flexibility index (Phi) is 6.49. The molecular formula is C18H34N4O2. The zero-order valence-electron chi connectivity index (χ0n) is 15.4. The Balaban J connectivity index is 1.79. The maximum Gasteiger partial charge on any atom is 0.317 e. The second-order valence-electron chi connectivity index (χ2n) is 8.18. The van der Waals surface area contributed by atoms with E-state index in [0.717, 1.165) is 32.2 Å². The van der Waals surface area contributed by atoms with Crippen LogP contribution in [0.1, 0.15) is 52.9 Å². The molecule has 1 heterocycles. The van der Waals surface area contributed by atoms with E-state index in [2.05, 4.69) is 31.4 Å². The predicted molar refractivity (Wildman–Crippen MR) is 95.5 cm³/mol. The molecule has 138 valence electrons. The normalized spacial score (nSPS) is 23.7. The molecule has 2 fully saturated rings. The van der Waals surface area contributed by atoms with Gasteiger partial charge in [-0.25, -0.2) is 4.79 Å². The molecule has 1 saturated heterocycles. The Labute approximate surface area is 145 Å². The molecule has 0 radical (unpaired) electrons. The number of nitrogens with zero attached hydrogens (tertiary/aromatic N) is 1. The molecule has 2 aliphatic rings. The van der Waals surface area contributed by atoms with Gasteiger partial charge in [-0.05, 0) is 50.4 Å². The maximum absolute atomic E-state index is 12.4. The average molecular weight is 338 g/mol. The molecule has 1 saturated carbocycles. The summed E-state index contributed by atoms with van der Waals surface area (Å²) in [6, 6.07) is -0.00131. The van der Waals surface area contributed by atoms with Gasteiger partial charge < -0.3 is 21.3 Å². The van der Waals surface area contributed by atoms with E-state index in [-0.39, 0.29) is 23.4 Å². The van der Waals surface area contributed by atoms with Crippen LogP contribution >= 0.6 is 0 Å². The largest absolute Gasteiger partial charge is 0.349 e. The minimum Gasteiger partial charge on any atom is -0.349 e. The molecule has 24 heavy (non-hydrogen) atoms. The summed E-state index contributed by atoms with van der Waals surface area (Å²) >= 11 is 0. The third-order valence-electron chi connectivity index (χ3n) is 5.27. The van der Waals surface area contributed by atoms with Gasteiger partial charge >= 0.3 is 6.03 Å². The lowest BCUT2D eigenvalue weighted by atomic mass is 9.92. The first-order valence-corrected chi connectivity index (χ1v) is 9.38. The summed E-state index contributed by atoms with van der Waals surface area (Å²) in [5.41, 5.74) is 5.61. The van der Waals surface area contributed by atoms with Gasteiger partial charge in [0, 0.05) is 32.6 Å². The summed E-state index contributed by atoms with van der Waals surface area (Å²) in [5.74, 6) is 1.28. The van der Waals surface area contributed by atoms with Crippen molar-refractivity contribution in [1.29, 1.82) is 0 Å². The highest BCUT2D eigenvalue weighted by molar-refractivity contribution is 5.77. The van der Waals surface area contributed by atoms with Gasteiger partial charge in [0.05, 0.1) is 5.54 Å². The van der Waals surface area contributed by atoms with Crippen LogP contribution in [0.4, 0.5) is 4.79 Å². The Hall–Kier alpha value is -1.30. The van der Waals surface area contributed by atoms with Crippen LogP contribution in [0.2, 0.25) is 0 Å². The molecule has 6 heteroatoms. The second kappa shape index (κ2) is 8.19. The predicted octanol–water partition coefficient (Wildman–Crippen LogP) is 1.70. The number of carbonyl (C=O) groups excluding carboxylic acids is 2. The Morgan fingerprint density at radius 2 is 2.00 bits per heavy atom. The van der Waals surface area contributed by atoms with E-state index in [1.54, 1.807) is 0 Å². The number of piperidine rings is 1. The van der Waals surface area contributed by atoms with Crippen LogP contribution in [0.25, 0.3) is 0 Å². The van der Waals surface area contributed by atoms with Crippen molar-refractivity contribution in [2.24, 2.45) is 23.5 Å². The standard InChI is InChI=1S/C18H34N4O2/c1-13(2)10-20-17(24)22-8-4-5-14(11-22)9-16(23)21-18(3,12-19)15-6-7-15/h13-15H,4-12,19H2,1-3H3,(H,20,24)(H,21,23). The van der Waals surface area contributed by atoms with Gasteiger partial charge in [0.1, 0.15) is 0 Å². The molecule has 0 aromatic rings. The van der Waals surface area contributed by atoms with Crippen molar-refractivity contribution < 1.29 is 9.59 Å². The SMILES string of the molecule is CC(C)CNC(=O)N1CCCC(CC(=O)NC(C)(CN)C2CC2)C1. The van der Waals surface area contributed by atoms with Crippen molar-refractivity contribution in [2.75, 3.05) is 26.2 Å². The van der Waals surface area contributed by atoms with Crippen molar-refractivity contribution in [3.8, 4) is 0 Å². The van der Waals surface area contributed by atoms with Crippen LogP contribution in [0.5, 0.6) is 0 Å². The molecule has 0 bridgehead atoms.